The van der Waals surface area contributed by atoms with E-state index < -0.39 is 34.3 Å². The molecule has 4 rings (SSSR count). The van der Waals surface area contributed by atoms with Gasteiger partial charge >= 0.3 is 0 Å². The Kier molecular flexibility index (Phi) is 10.2. The van der Waals surface area contributed by atoms with Gasteiger partial charge in [-0.3, -0.25) is 13.9 Å². The van der Waals surface area contributed by atoms with Crippen molar-refractivity contribution in [3.8, 4) is 5.75 Å². The lowest BCUT2D eigenvalue weighted by Gasteiger charge is -2.33. The molecule has 1 aliphatic rings. The number of aryl methyl sites for hydroxylation is 1. The molecule has 1 unspecified atom stereocenters. The second kappa shape index (κ2) is 13.8. The van der Waals surface area contributed by atoms with Crippen molar-refractivity contribution in [3.63, 3.8) is 0 Å². The van der Waals surface area contributed by atoms with Gasteiger partial charge in [0, 0.05) is 12.6 Å². The number of hydrogen-bond acceptors (Lipinski definition) is 5. The molecule has 3 aromatic rings. The van der Waals surface area contributed by atoms with Crippen LogP contribution in [-0.2, 0) is 26.2 Å². The van der Waals surface area contributed by atoms with Crippen molar-refractivity contribution >= 4 is 27.5 Å². The number of anilines is 1. The smallest absolute Gasteiger partial charge is 0.264 e. The molecule has 0 bridgehead atoms. The van der Waals surface area contributed by atoms with Crippen LogP contribution in [0.1, 0.15) is 50.7 Å². The number of carbonyl (C=O) groups is 2. The quantitative estimate of drug-likeness (QED) is 0.310. The zero-order chi connectivity index (χ0) is 30.3. The molecule has 3 aromatic carbocycles. The standard InChI is InChI=1S/C32H38FN3O5S/c1-4-41-30-12-8-7-11-29(30)36(42(39,40)28-19-13-23(2)14-20-28)22-31(37)35(21-25-15-17-26(33)18-16-25)24(3)32(38)34-27-9-5-6-10-27/h7-8,11-20,24,27H,4-6,9-10,21-22H2,1-3H3,(H,34,38). The van der Waals surface area contributed by atoms with Gasteiger partial charge in [0.1, 0.15) is 24.2 Å². The first kappa shape index (κ1) is 31.0. The van der Waals surface area contributed by atoms with E-state index in [1.165, 1.54) is 29.2 Å². The van der Waals surface area contributed by atoms with Crippen LogP contribution in [-0.4, -0.2) is 50.4 Å². The predicted molar refractivity (Wildman–Crippen MR) is 160 cm³/mol. The largest absolute Gasteiger partial charge is 0.492 e. The Bertz CT molecular complexity index is 1470. The van der Waals surface area contributed by atoms with Crippen LogP contribution in [0.3, 0.4) is 0 Å². The van der Waals surface area contributed by atoms with Crippen LogP contribution in [0, 0.1) is 12.7 Å². The van der Waals surface area contributed by atoms with E-state index in [-0.39, 0.29) is 29.1 Å². The number of benzene rings is 3. The average Bonchev–Trinajstić information content (AvgIpc) is 3.49. The lowest BCUT2D eigenvalue weighted by molar-refractivity contribution is -0.139. The summed E-state index contributed by atoms with van der Waals surface area (Å²) in [7, 11) is -4.23. The highest BCUT2D eigenvalue weighted by molar-refractivity contribution is 7.92. The maximum Gasteiger partial charge on any atom is 0.264 e. The summed E-state index contributed by atoms with van der Waals surface area (Å²) in [6.07, 6.45) is 3.81. The predicted octanol–water partition coefficient (Wildman–Crippen LogP) is 5.20. The number of nitrogens with zero attached hydrogens (tertiary/aromatic N) is 2. The molecule has 0 saturated heterocycles. The van der Waals surface area contributed by atoms with Crippen molar-refractivity contribution < 1.29 is 27.1 Å². The van der Waals surface area contributed by atoms with Gasteiger partial charge in [0.2, 0.25) is 11.8 Å². The van der Waals surface area contributed by atoms with Gasteiger partial charge in [0.15, 0.2) is 0 Å². The van der Waals surface area contributed by atoms with E-state index in [4.69, 9.17) is 4.74 Å². The first-order chi connectivity index (χ1) is 20.1. The summed E-state index contributed by atoms with van der Waals surface area (Å²) in [5.41, 5.74) is 1.70. The van der Waals surface area contributed by atoms with Crippen LogP contribution in [0.2, 0.25) is 0 Å². The van der Waals surface area contributed by atoms with Gasteiger partial charge in [-0.25, -0.2) is 12.8 Å². The molecule has 42 heavy (non-hydrogen) atoms. The van der Waals surface area contributed by atoms with E-state index in [2.05, 4.69) is 5.32 Å². The number of halogens is 1. The van der Waals surface area contributed by atoms with Crippen LogP contribution >= 0.6 is 0 Å². The zero-order valence-corrected chi connectivity index (χ0v) is 25.1. The van der Waals surface area contributed by atoms with E-state index >= 15 is 0 Å². The van der Waals surface area contributed by atoms with Gasteiger partial charge in [-0.1, -0.05) is 54.8 Å². The minimum absolute atomic E-state index is 0.0100. The van der Waals surface area contributed by atoms with Gasteiger partial charge in [0.05, 0.1) is 17.2 Å². The number of amides is 2. The number of carbonyl (C=O) groups excluding carboxylic acids is 2. The van der Waals surface area contributed by atoms with Crippen molar-refractivity contribution in [2.24, 2.45) is 0 Å². The lowest BCUT2D eigenvalue weighted by atomic mass is 10.1. The molecule has 1 atom stereocenters. The fourth-order valence-corrected chi connectivity index (χ4v) is 6.48. The molecule has 0 radical (unpaired) electrons. The molecular weight excluding hydrogens is 557 g/mol. The summed E-state index contributed by atoms with van der Waals surface area (Å²) in [4.78, 5) is 28.8. The Morgan fingerprint density at radius 3 is 2.29 bits per heavy atom. The fraction of sp³-hybridized carbons (Fsp3) is 0.375. The van der Waals surface area contributed by atoms with Crippen LogP contribution in [0.15, 0.2) is 77.7 Å². The van der Waals surface area contributed by atoms with Gasteiger partial charge in [-0.05, 0) is 75.6 Å². The number of hydrogen-bond donors (Lipinski definition) is 1. The molecular formula is C32H38FN3O5S. The number of ether oxygens (including phenoxy) is 1. The van der Waals surface area contributed by atoms with E-state index in [0.29, 0.717) is 17.9 Å². The molecule has 0 heterocycles. The minimum Gasteiger partial charge on any atom is -0.492 e. The van der Waals surface area contributed by atoms with Gasteiger partial charge in [-0.15, -0.1) is 0 Å². The third-order valence-electron chi connectivity index (χ3n) is 7.46. The summed E-state index contributed by atoms with van der Waals surface area (Å²) in [5.74, 6) is -1.03. The molecule has 1 saturated carbocycles. The molecule has 0 spiro atoms. The number of sulfonamides is 1. The fourth-order valence-electron chi connectivity index (χ4n) is 5.05. The molecule has 10 heteroatoms. The molecule has 8 nitrogen and oxygen atoms in total. The highest BCUT2D eigenvalue weighted by Gasteiger charge is 2.34. The highest BCUT2D eigenvalue weighted by atomic mass is 32.2. The monoisotopic (exact) mass is 595 g/mol. The number of nitrogens with one attached hydrogen (secondary N) is 1. The Morgan fingerprint density at radius 1 is 1.00 bits per heavy atom. The molecule has 224 valence electrons. The zero-order valence-electron chi connectivity index (χ0n) is 24.3. The highest BCUT2D eigenvalue weighted by Crippen LogP contribution is 2.33. The molecule has 1 fully saturated rings. The molecule has 2 amide bonds. The van der Waals surface area contributed by atoms with Crippen molar-refractivity contribution in [1.29, 1.82) is 0 Å². The van der Waals surface area contributed by atoms with Gasteiger partial charge in [-0.2, -0.15) is 0 Å². The van der Waals surface area contributed by atoms with E-state index in [1.54, 1.807) is 62.4 Å². The maximum absolute atomic E-state index is 14.1. The van der Waals surface area contributed by atoms with Crippen molar-refractivity contribution in [1.82, 2.24) is 10.2 Å². The third kappa shape index (κ3) is 7.47. The first-order valence-corrected chi connectivity index (χ1v) is 15.7. The van der Waals surface area contributed by atoms with E-state index in [9.17, 15) is 22.4 Å². The van der Waals surface area contributed by atoms with Gasteiger partial charge < -0.3 is 15.0 Å². The van der Waals surface area contributed by atoms with Crippen molar-refractivity contribution in [3.05, 3.63) is 89.7 Å². The summed E-state index contributed by atoms with van der Waals surface area (Å²) in [5, 5.41) is 3.04. The Balaban J connectivity index is 1.72. The van der Waals surface area contributed by atoms with Crippen LogP contribution in [0.5, 0.6) is 5.75 Å². The summed E-state index contributed by atoms with van der Waals surface area (Å²) in [6.45, 7) is 4.97. The third-order valence-corrected chi connectivity index (χ3v) is 9.23. The summed E-state index contributed by atoms with van der Waals surface area (Å²) < 4.78 is 48.6. The van der Waals surface area contributed by atoms with Gasteiger partial charge in [0.25, 0.3) is 10.0 Å². The number of rotatable bonds is 12. The lowest BCUT2D eigenvalue weighted by Crippen LogP contribution is -2.52. The second-order valence-electron chi connectivity index (χ2n) is 10.5. The summed E-state index contributed by atoms with van der Waals surface area (Å²) in [6, 6.07) is 17.8. The normalized spacial score (nSPS) is 14.3. The summed E-state index contributed by atoms with van der Waals surface area (Å²) >= 11 is 0. The van der Waals surface area contributed by atoms with Crippen molar-refractivity contribution in [2.45, 2.75) is 70.0 Å². The minimum atomic E-state index is -4.23. The molecule has 1 aliphatic carbocycles. The first-order valence-electron chi connectivity index (χ1n) is 14.3. The average molecular weight is 596 g/mol. The maximum atomic E-state index is 14.1. The van der Waals surface area contributed by atoms with E-state index in [1.807, 2.05) is 6.92 Å². The van der Waals surface area contributed by atoms with Crippen LogP contribution in [0.4, 0.5) is 10.1 Å². The second-order valence-corrected chi connectivity index (χ2v) is 12.4. The SMILES string of the molecule is CCOc1ccccc1N(CC(=O)N(Cc1ccc(F)cc1)C(C)C(=O)NC1CCCC1)S(=O)(=O)c1ccc(C)cc1. The Hall–Kier alpha value is -3.92. The van der Waals surface area contributed by atoms with E-state index in [0.717, 1.165) is 35.6 Å². The molecule has 0 aliphatic heterocycles. The number of para-hydroxylation sites is 2. The molecule has 1 N–H and O–H groups in total. The van der Waals surface area contributed by atoms with Crippen LogP contribution < -0.4 is 14.4 Å². The van der Waals surface area contributed by atoms with Crippen molar-refractivity contribution in [2.75, 3.05) is 17.5 Å². The molecule has 0 aromatic heterocycles. The van der Waals surface area contributed by atoms with Crippen LogP contribution in [0.25, 0.3) is 0 Å². The Labute approximate surface area is 247 Å². The topological polar surface area (TPSA) is 96.0 Å². The Morgan fingerprint density at radius 2 is 1.64 bits per heavy atom.